The van der Waals surface area contributed by atoms with E-state index in [0.29, 0.717) is 10.8 Å². The van der Waals surface area contributed by atoms with Gasteiger partial charge in [0.25, 0.3) is 0 Å². The van der Waals surface area contributed by atoms with E-state index in [0.717, 1.165) is 39.0 Å². The SMILES string of the molecule is Cn1cc(-c2nc(-c3ccccc3)nnc2-c2ccc(Cl)cc2)c2ccccc21. The summed E-state index contributed by atoms with van der Waals surface area (Å²) in [6.07, 6.45) is 2.10. The predicted octanol–water partition coefficient (Wildman–Crippen LogP) is 6.02. The molecule has 2 aromatic heterocycles. The monoisotopic (exact) mass is 396 g/mol. The van der Waals surface area contributed by atoms with Crippen LogP contribution in [0.3, 0.4) is 0 Å². The molecule has 0 saturated carbocycles. The maximum absolute atomic E-state index is 6.09. The van der Waals surface area contributed by atoms with Crippen LogP contribution < -0.4 is 0 Å². The van der Waals surface area contributed by atoms with Crippen molar-refractivity contribution in [3.8, 4) is 33.9 Å². The summed E-state index contributed by atoms with van der Waals surface area (Å²) >= 11 is 6.09. The molecule has 5 rings (SSSR count). The van der Waals surface area contributed by atoms with Gasteiger partial charge in [-0.1, -0.05) is 72.3 Å². The zero-order chi connectivity index (χ0) is 19.8. The van der Waals surface area contributed by atoms with Gasteiger partial charge in [-0.2, -0.15) is 0 Å². The van der Waals surface area contributed by atoms with Gasteiger partial charge in [0.05, 0.1) is 0 Å². The molecular formula is C24H17ClN4. The van der Waals surface area contributed by atoms with Crippen molar-refractivity contribution < 1.29 is 0 Å². The highest BCUT2D eigenvalue weighted by molar-refractivity contribution is 6.30. The Balaban J connectivity index is 1.79. The van der Waals surface area contributed by atoms with Gasteiger partial charge in [-0.3, -0.25) is 0 Å². The van der Waals surface area contributed by atoms with Crippen LogP contribution in [0, 0.1) is 0 Å². The fraction of sp³-hybridized carbons (Fsp3) is 0.0417. The number of fused-ring (bicyclic) bond motifs is 1. The Hall–Kier alpha value is -3.50. The van der Waals surface area contributed by atoms with Crippen LogP contribution in [-0.4, -0.2) is 19.7 Å². The average molecular weight is 397 g/mol. The van der Waals surface area contributed by atoms with Crippen molar-refractivity contribution >= 4 is 22.5 Å². The number of nitrogens with zero attached hydrogens (tertiary/aromatic N) is 4. The highest BCUT2D eigenvalue weighted by Gasteiger charge is 2.18. The van der Waals surface area contributed by atoms with E-state index >= 15 is 0 Å². The summed E-state index contributed by atoms with van der Waals surface area (Å²) in [5.41, 5.74) is 5.57. The van der Waals surface area contributed by atoms with E-state index in [1.807, 2.05) is 73.8 Å². The first-order chi connectivity index (χ1) is 14.2. The normalized spacial score (nSPS) is 11.1. The van der Waals surface area contributed by atoms with Gasteiger partial charge >= 0.3 is 0 Å². The van der Waals surface area contributed by atoms with E-state index in [4.69, 9.17) is 16.6 Å². The first kappa shape index (κ1) is 17.6. The number of hydrogen-bond acceptors (Lipinski definition) is 3. The molecule has 5 heteroatoms. The quantitative estimate of drug-likeness (QED) is 0.374. The molecule has 0 aliphatic carbocycles. The van der Waals surface area contributed by atoms with Crippen LogP contribution in [0.15, 0.2) is 85.1 Å². The second-order valence-electron chi connectivity index (χ2n) is 6.88. The second kappa shape index (κ2) is 7.15. The lowest BCUT2D eigenvalue weighted by molar-refractivity contribution is 0.964. The molecule has 0 fully saturated rings. The number of halogens is 1. The molecule has 140 valence electrons. The summed E-state index contributed by atoms with van der Waals surface area (Å²) in [5, 5.41) is 10.8. The fourth-order valence-corrected chi connectivity index (χ4v) is 3.68. The van der Waals surface area contributed by atoms with Crippen LogP contribution in [0.5, 0.6) is 0 Å². The number of rotatable bonds is 3. The molecule has 0 atom stereocenters. The highest BCUT2D eigenvalue weighted by Crippen LogP contribution is 2.35. The molecule has 0 unspecified atom stereocenters. The van der Waals surface area contributed by atoms with Crippen LogP contribution in [0.4, 0.5) is 0 Å². The molecule has 4 nitrogen and oxygen atoms in total. The Labute approximate surface area is 173 Å². The molecule has 0 aliphatic heterocycles. The summed E-state index contributed by atoms with van der Waals surface area (Å²) in [6, 6.07) is 25.8. The molecule has 2 heterocycles. The van der Waals surface area contributed by atoms with E-state index in [1.54, 1.807) is 0 Å². The number of hydrogen-bond donors (Lipinski definition) is 0. The molecular weight excluding hydrogens is 380 g/mol. The first-order valence-electron chi connectivity index (χ1n) is 9.31. The Kier molecular flexibility index (Phi) is 4.34. The van der Waals surface area contributed by atoms with Crippen molar-refractivity contribution in [3.05, 3.63) is 90.1 Å². The lowest BCUT2D eigenvalue weighted by atomic mass is 10.0. The topological polar surface area (TPSA) is 43.6 Å². The minimum absolute atomic E-state index is 0.603. The van der Waals surface area contributed by atoms with E-state index in [2.05, 4.69) is 33.1 Å². The third kappa shape index (κ3) is 3.18. The van der Waals surface area contributed by atoms with Crippen LogP contribution >= 0.6 is 11.6 Å². The summed E-state index contributed by atoms with van der Waals surface area (Å²) in [5.74, 6) is 0.603. The number of benzene rings is 3. The lowest BCUT2D eigenvalue weighted by Crippen LogP contribution is -1.99. The van der Waals surface area contributed by atoms with Gasteiger partial charge in [0.2, 0.25) is 0 Å². The second-order valence-corrected chi connectivity index (χ2v) is 7.31. The van der Waals surface area contributed by atoms with Crippen molar-refractivity contribution in [2.75, 3.05) is 0 Å². The largest absolute Gasteiger partial charge is 0.350 e. The number of aromatic nitrogens is 4. The third-order valence-electron chi connectivity index (χ3n) is 4.99. The Bertz CT molecular complexity index is 1310. The van der Waals surface area contributed by atoms with Gasteiger partial charge in [-0.05, 0) is 18.2 Å². The molecule has 29 heavy (non-hydrogen) atoms. The highest BCUT2D eigenvalue weighted by atomic mass is 35.5. The molecule has 0 N–H and O–H groups in total. The van der Waals surface area contributed by atoms with E-state index < -0.39 is 0 Å². The molecule has 0 aliphatic rings. The molecule has 5 aromatic rings. The van der Waals surface area contributed by atoms with Crippen molar-refractivity contribution in [2.45, 2.75) is 0 Å². The fourth-order valence-electron chi connectivity index (χ4n) is 3.56. The Morgan fingerprint density at radius 3 is 2.24 bits per heavy atom. The van der Waals surface area contributed by atoms with E-state index in [-0.39, 0.29) is 0 Å². The minimum atomic E-state index is 0.603. The molecule has 0 radical (unpaired) electrons. The van der Waals surface area contributed by atoms with Gasteiger partial charge in [0, 0.05) is 45.9 Å². The van der Waals surface area contributed by atoms with Gasteiger partial charge in [-0.25, -0.2) is 4.98 Å². The molecule has 0 saturated heterocycles. The lowest BCUT2D eigenvalue weighted by Gasteiger charge is -2.09. The summed E-state index contributed by atoms with van der Waals surface area (Å²) < 4.78 is 2.11. The van der Waals surface area contributed by atoms with Gasteiger partial charge in [-0.15, -0.1) is 10.2 Å². The predicted molar refractivity (Wildman–Crippen MR) is 118 cm³/mol. The number of para-hydroxylation sites is 1. The smallest absolute Gasteiger partial charge is 0.182 e. The maximum Gasteiger partial charge on any atom is 0.182 e. The standard InChI is InChI=1S/C24H17ClN4/c1-29-15-20(19-9-5-6-10-21(19)29)23-22(16-11-13-18(25)14-12-16)27-28-24(26-23)17-7-3-2-4-8-17/h2-15H,1H3. The van der Waals surface area contributed by atoms with Crippen molar-refractivity contribution in [1.82, 2.24) is 19.7 Å². The molecule has 0 spiro atoms. The summed E-state index contributed by atoms with van der Waals surface area (Å²) in [7, 11) is 2.04. The Morgan fingerprint density at radius 1 is 0.724 bits per heavy atom. The van der Waals surface area contributed by atoms with Crippen LogP contribution in [0.25, 0.3) is 44.8 Å². The van der Waals surface area contributed by atoms with Crippen LogP contribution in [-0.2, 0) is 7.05 Å². The van der Waals surface area contributed by atoms with E-state index in [9.17, 15) is 0 Å². The minimum Gasteiger partial charge on any atom is -0.350 e. The van der Waals surface area contributed by atoms with Crippen molar-refractivity contribution in [3.63, 3.8) is 0 Å². The summed E-state index contributed by atoms with van der Waals surface area (Å²) in [4.78, 5) is 4.96. The van der Waals surface area contributed by atoms with Crippen LogP contribution in [0.1, 0.15) is 0 Å². The molecule has 0 amide bonds. The zero-order valence-corrected chi connectivity index (χ0v) is 16.5. The van der Waals surface area contributed by atoms with Crippen molar-refractivity contribution in [1.29, 1.82) is 0 Å². The van der Waals surface area contributed by atoms with Gasteiger partial charge < -0.3 is 4.57 Å². The van der Waals surface area contributed by atoms with Crippen molar-refractivity contribution in [2.24, 2.45) is 7.05 Å². The van der Waals surface area contributed by atoms with Gasteiger partial charge in [0.1, 0.15) is 11.4 Å². The zero-order valence-electron chi connectivity index (χ0n) is 15.7. The van der Waals surface area contributed by atoms with Gasteiger partial charge in [0.15, 0.2) is 5.82 Å². The first-order valence-corrected chi connectivity index (χ1v) is 9.69. The molecule has 3 aromatic carbocycles. The number of aryl methyl sites for hydroxylation is 1. The average Bonchev–Trinajstić information content (AvgIpc) is 3.11. The Morgan fingerprint density at radius 2 is 1.45 bits per heavy atom. The van der Waals surface area contributed by atoms with E-state index in [1.165, 1.54) is 0 Å². The van der Waals surface area contributed by atoms with Crippen LogP contribution in [0.2, 0.25) is 5.02 Å². The third-order valence-corrected chi connectivity index (χ3v) is 5.24. The summed E-state index contributed by atoms with van der Waals surface area (Å²) in [6.45, 7) is 0. The molecule has 0 bridgehead atoms. The maximum atomic E-state index is 6.09.